The molecule has 1 N–H and O–H groups in total. The van der Waals surface area contributed by atoms with Crippen molar-refractivity contribution in [3.63, 3.8) is 0 Å². The van der Waals surface area contributed by atoms with E-state index in [1.165, 1.54) is 0 Å². The van der Waals surface area contributed by atoms with Gasteiger partial charge in [-0.15, -0.1) is 0 Å². The summed E-state index contributed by atoms with van der Waals surface area (Å²) in [5, 5.41) is 3.37. The lowest BCUT2D eigenvalue weighted by atomic mass is 10.2. The van der Waals surface area contributed by atoms with Gasteiger partial charge in [0.05, 0.1) is 11.0 Å². The fourth-order valence-electron chi connectivity index (χ4n) is 2.26. The molecule has 0 aliphatic carbocycles. The maximum Gasteiger partial charge on any atom is 0.257 e. The quantitative estimate of drug-likeness (QED) is 0.791. The Morgan fingerprint density at radius 3 is 2.57 bits per heavy atom. The third kappa shape index (κ3) is 3.13. The van der Waals surface area contributed by atoms with E-state index in [1.807, 2.05) is 13.1 Å². The highest BCUT2D eigenvalue weighted by Crippen LogP contribution is 2.22. The minimum atomic E-state index is -1.07. The summed E-state index contributed by atoms with van der Waals surface area (Å²) in [6, 6.07) is 12.0. The number of rotatable bonds is 3. The first kappa shape index (κ1) is 15.7. The van der Waals surface area contributed by atoms with Crippen LogP contribution in [-0.4, -0.2) is 25.9 Å². The van der Waals surface area contributed by atoms with Crippen LogP contribution in [0.1, 0.15) is 10.4 Å². The molecule has 0 aliphatic heterocycles. The van der Waals surface area contributed by atoms with Gasteiger partial charge in [-0.3, -0.25) is 14.3 Å². The van der Waals surface area contributed by atoms with Crippen LogP contribution in [0.15, 0.2) is 47.4 Å². The SMILES string of the molecule is Cn1c(NC(=O)c2ccc(S(C)=O)cc2)nc2cc(Cl)ccc21. The van der Waals surface area contributed by atoms with E-state index in [2.05, 4.69) is 10.3 Å². The molecule has 0 saturated carbocycles. The van der Waals surface area contributed by atoms with Crippen molar-refractivity contribution >= 4 is 45.3 Å². The molecule has 118 valence electrons. The van der Waals surface area contributed by atoms with Crippen molar-refractivity contribution in [1.29, 1.82) is 0 Å². The Morgan fingerprint density at radius 2 is 1.91 bits per heavy atom. The fourth-order valence-corrected chi connectivity index (χ4v) is 2.94. The van der Waals surface area contributed by atoms with Gasteiger partial charge < -0.3 is 4.57 Å². The van der Waals surface area contributed by atoms with Crippen LogP contribution in [0.2, 0.25) is 5.02 Å². The van der Waals surface area contributed by atoms with Crippen LogP contribution in [-0.2, 0) is 17.8 Å². The Bertz CT molecular complexity index is 919. The fraction of sp³-hybridized carbons (Fsp3) is 0.125. The predicted molar refractivity (Wildman–Crippen MR) is 92.5 cm³/mol. The number of carbonyl (C=O) groups is 1. The minimum Gasteiger partial charge on any atom is -0.313 e. The molecule has 1 unspecified atom stereocenters. The van der Waals surface area contributed by atoms with Crippen LogP contribution in [0.3, 0.4) is 0 Å². The van der Waals surface area contributed by atoms with Crippen molar-refractivity contribution in [3.05, 3.63) is 53.1 Å². The maximum atomic E-state index is 12.3. The summed E-state index contributed by atoms with van der Waals surface area (Å²) in [6.45, 7) is 0. The lowest BCUT2D eigenvalue weighted by Crippen LogP contribution is -2.15. The van der Waals surface area contributed by atoms with Crippen molar-refractivity contribution in [3.8, 4) is 0 Å². The highest BCUT2D eigenvalue weighted by molar-refractivity contribution is 7.84. The van der Waals surface area contributed by atoms with Crippen molar-refractivity contribution in [2.45, 2.75) is 4.90 Å². The molecule has 23 heavy (non-hydrogen) atoms. The summed E-state index contributed by atoms with van der Waals surface area (Å²) in [6.07, 6.45) is 1.60. The van der Waals surface area contributed by atoms with Gasteiger partial charge in [0.1, 0.15) is 0 Å². The smallest absolute Gasteiger partial charge is 0.257 e. The monoisotopic (exact) mass is 347 g/mol. The molecule has 3 rings (SSSR count). The van der Waals surface area contributed by atoms with Gasteiger partial charge in [0.2, 0.25) is 5.95 Å². The van der Waals surface area contributed by atoms with Crippen LogP contribution in [0.5, 0.6) is 0 Å². The molecule has 7 heteroatoms. The van der Waals surface area contributed by atoms with Crippen molar-refractivity contribution in [1.82, 2.24) is 9.55 Å². The number of halogens is 1. The number of aromatic nitrogens is 2. The summed E-state index contributed by atoms with van der Waals surface area (Å²) >= 11 is 5.96. The molecule has 3 aromatic rings. The van der Waals surface area contributed by atoms with Gasteiger partial charge >= 0.3 is 0 Å². The summed E-state index contributed by atoms with van der Waals surface area (Å²) in [5.41, 5.74) is 2.07. The van der Waals surface area contributed by atoms with Crippen LogP contribution in [0.25, 0.3) is 11.0 Å². The van der Waals surface area contributed by atoms with Crippen molar-refractivity contribution < 1.29 is 9.00 Å². The number of anilines is 1. The van der Waals surface area contributed by atoms with Gasteiger partial charge in [-0.25, -0.2) is 4.98 Å². The molecule has 1 heterocycles. The third-order valence-corrected chi connectivity index (χ3v) is 4.69. The molecular weight excluding hydrogens is 334 g/mol. The molecule has 1 amide bonds. The summed E-state index contributed by atoms with van der Waals surface area (Å²) < 4.78 is 13.2. The molecule has 0 fully saturated rings. The second-order valence-corrected chi connectivity index (χ2v) is 6.88. The number of hydrogen-bond acceptors (Lipinski definition) is 3. The van der Waals surface area contributed by atoms with E-state index in [4.69, 9.17) is 11.6 Å². The molecule has 1 aromatic heterocycles. The number of amides is 1. The first-order chi connectivity index (χ1) is 11.0. The topological polar surface area (TPSA) is 64.0 Å². The number of fused-ring (bicyclic) bond motifs is 1. The molecule has 5 nitrogen and oxygen atoms in total. The predicted octanol–water partition coefficient (Wildman–Crippen LogP) is 3.22. The Balaban J connectivity index is 1.87. The summed E-state index contributed by atoms with van der Waals surface area (Å²) in [7, 11) is 0.756. The number of carbonyl (C=O) groups excluding carboxylic acids is 1. The molecule has 1 atom stereocenters. The molecule has 0 radical (unpaired) electrons. The number of nitrogens with zero attached hydrogens (tertiary/aromatic N) is 2. The third-order valence-electron chi connectivity index (χ3n) is 3.52. The average molecular weight is 348 g/mol. The highest BCUT2D eigenvalue weighted by atomic mass is 35.5. The molecule has 0 aliphatic rings. The van der Waals surface area contributed by atoms with E-state index in [0.29, 0.717) is 26.9 Å². The van der Waals surface area contributed by atoms with E-state index < -0.39 is 10.8 Å². The zero-order valence-electron chi connectivity index (χ0n) is 12.5. The Morgan fingerprint density at radius 1 is 1.22 bits per heavy atom. The van der Waals surface area contributed by atoms with Crippen LogP contribution >= 0.6 is 11.6 Å². The Kier molecular flexibility index (Phi) is 4.19. The lowest BCUT2D eigenvalue weighted by Gasteiger charge is -2.05. The van der Waals surface area contributed by atoms with Gasteiger partial charge in [0.25, 0.3) is 5.91 Å². The van der Waals surface area contributed by atoms with Crippen molar-refractivity contribution in [2.24, 2.45) is 7.05 Å². The Hall–Kier alpha value is -2.18. The van der Waals surface area contributed by atoms with Crippen LogP contribution < -0.4 is 5.32 Å². The second kappa shape index (κ2) is 6.14. The largest absolute Gasteiger partial charge is 0.313 e. The van der Waals surface area contributed by atoms with E-state index in [-0.39, 0.29) is 5.91 Å². The van der Waals surface area contributed by atoms with Crippen molar-refractivity contribution in [2.75, 3.05) is 11.6 Å². The Labute approximate surface area is 140 Å². The number of benzene rings is 2. The van der Waals surface area contributed by atoms with Crippen LogP contribution in [0, 0.1) is 0 Å². The molecule has 2 aromatic carbocycles. The van der Waals surface area contributed by atoms with E-state index in [0.717, 1.165) is 5.52 Å². The maximum absolute atomic E-state index is 12.3. The number of imidazole rings is 1. The standard InChI is InChI=1S/C16H14ClN3O2S/c1-20-14-8-5-11(17)9-13(14)18-16(20)19-15(21)10-3-6-12(7-4-10)23(2)22/h3-9H,1-2H3,(H,18,19,21). The van der Waals surface area contributed by atoms with E-state index in [1.54, 1.807) is 47.2 Å². The summed E-state index contributed by atoms with van der Waals surface area (Å²) in [5.74, 6) is 0.165. The first-order valence-electron chi connectivity index (χ1n) is 6.82. The number of hydrogen-bond donors (Lipinski definition) is 1. The molecule has 0 bridgehead atoms. The summed E-state index contributed by atoms with van der Waals surface area (Å²) in [4.78, 5) is 17.4. The molecule has 0 spiro atoms. The van der Waals surface area contributed by atoms with Gasteiger partial charge in [0.15, 0.2) is 0 Å². The zero-order chi connectivity index (χ0) is 16.6. The highest BCUT2D eigenvalue weighted by Gasteiger charge is 2.13. The van der Waals surface area contributed by atoms with Gasteiger partial charge in [-0.1, -0.05) is 11.6 Å². The average Bonchev–Trinajstić information content (AvgIpc) is 2.82. The second-order valence-electron chi connectivity index (χ2n) is 5.06. The minimum absolute atomic E-state index is 0.275. The van der Waals surface area contributed by atoms with Gasteiger partial charge in [0, 0.05) is 39.6 Å². The molecule has 0 saturated heterocycles. The number of aryl methyl sites for hydroxylation is 1. The van der Waals surface area contributed by atoms with Gasteiger partial charge in [-0.05, 0) is 42.5 Å². The zero-order valence-corrected chi connectivity index (χ0v) is 14.1. The normalized spacial score (nSPS) is 12.3. The number of nitrogens with one attached hydrogen (secondary N) is 1. The van der Waals surface area contributed by atoms with E-state index >= 15 is 0 Å². The van der Waals surface area contributed by atoms with Gasteiger partial charge in [-0.2, -0.15) is 0 Å². The van der Waals surface area contributed by atoms with E-state index in [9.17, 15) is 9.00 Å². The lowest BCUT2D eigenvalue weighted by molar-refractivity contribution is 0.102. The first-order valence-corrected chi connectivity index (χ1v) is 8.76. The molecular formula is C16H14ClN3O2S. The van der Waals surface area contributed by atoms with Crippen LogP contribution in [0.4, 0.5) is 5.95 Å².